The van der Waals surface area contributed by atoms with E-state index in [0.29, 0.717) is 18.7 Å². The van der Waals surface area contributed by atoms with Crippen molar-refractivity contribution < 1.29 is 14.3 Å². The van der Waals surface area contributed by atoms with Crippen LogP contribution in [0.15, 0.2) is 49.1 Å². The van der Waals surface area contributed by atoms with Crippen LogP contribution in [0.5, 0.6) is 11.5 Å². The van der Waals surface area contributed by atoms with E-state index in [-0.39, 0.29) is 12.7 Å². The van der Waals surface area contributed by atoms with Crippen LogP contribution in [0.1, 0.15) is 22.8 Å². The molecule has 1 aliphatic heterocycles. The molecule has 0 fully saturated rings. The van der Waals surface area contributed by atoms with Gasteiger partial charge in [-0.05, 0) is 30.7 Å². The smallest absolute Gasteiger partial charge is 0.255 e. The summed E-state index contributed by atoms with van der Waals surface area (Å²) >= 11 is 0. The summed E-state index contributed by atoms with van der Waals surface area (Å²) in [6.07, 6.45) is 7.00. The predicted octanol–water partition coefficient (Wildman–Crippen LogP) is 2.87. The summed E-state index contributed by atoms with van der Waals surface area (Å²) in [5, 5.41) is 4.17. The number of ether oxygens (including phenoxy) is 2. The first-order valence-electron chi connectivity index (χ1n) is 8.76. The predicted molar refractivity (Wildman–Crippen MR) is 99.4 cm³/mol. The Morgan fingerprint density at radius 1 is 1.15 bits per heavy atom. The van der Waals surface area contributed by atoms with E-state index in [0.717, 1.165) is 28.2 Å². The highest BCUT2D eigenvalue weighted by Gasteiger charge is 2.18. The maximum Gasteiger partial charge on any atom is 0.255 e. The zero-order valence-corrected chi connectivity index (χ0v) is 15.3. The third-order valence-electron chi connectivity index (χ3n) is 4.50. The minimum absolute atomic E-state index is 0.0617. The third-order valence-corrected chi connectivity index (χ3v) is 4.50. The van der Waals surface area contributed by atoms with E-state index in [9.17, 15) is 4.79 Å². The molecular weight excluding hydrogens is 344 g/mol. The van der Waals surface area contributed by atoms with Crippen molar-refractivity contribution in [3.63, 3.8) is 0 Å². The molecule has 0 unspecified atom stereocenters. The normalized spacial score (nSPS) is 12.2. The molecule has 1 aliphatic rings. The zero-order chi connectivity index (χ0) is 18.8. The Kier molecular flexibility index (Phi) is 4.50. The molecule has 0 bridgehead atoms. The highest BCUT2D eigenvalue weighted by molar-refractivity contribution is 5.95. The number of nitrogens with zero attached hydrogens (tertiary/aromatic N) is 4. The summed E-state index contributed by atoms with van der Waals surface area (Å²) in [7, 11) is 1.86. The standard InChI is InChI=1S/C20H20N4O3/c1-3-24(11-14-4-5-18-19(6-14)27-13-26-18)20(25)16-7-15(8-21-9-16)17-10-22-23(2)12-17/h4-10,12H,3,11,13H2,1-2H3. The van der Waals surface area contributed by atoms with Crippen LogP contribution in [0.4, 0.5) is 0 Å². The quantitative estimate of drug-likeness (QED) is 0.696. The van der Waals surface area contributed by atoms with Gasteiger partial charge in [0.15, 0.2) is 11.5 Å². The van der Waals surface area contributed by atoms with E-state index in [2.05, 4.69) is 10.1 Å². The molecule has 3 heterocycles. The van der Waals surface area contributed by atoms with E-state index >= 15 is 0 Å². The molecule has 0 radical (unpaired) electrons. The Labute approximate surface area is 157 Å². The van der Waals surface area contributed by atoms with Crippen LogP contribution in [0, 0.1) is 0 Å². The summed E-state index contributed by atoms with van der Waals surface area (Å²) in [5.74, 6) is 1.39. The van der Waals surface area contributed by atoms with Crippen molar-refractivity contribution in [1.29, 1.82) is 0 Å². The van der Waals surface area contributed by atoms with E-state index in [1.165, 1.54) is 0 Å². The first-order valence-corrected chi connectivity index (χ1v) is 8.76. The van der Waals surface area contributed by atoms with Crippen LogP contribution in [0.2, 0.25) is 0 Å². The number of pyridine rings is 1. The molecule has 7 nitrogen and oxygen atoms in total. The SMILES string of the molecule is CCN(Cc1ccc2c(c1)OCO2)C(=O)c1cncc(-c2cnn(C)c2)c1. The molecule has 0 saturated heterocycles. The molecule has 0 spiro atoms. The minimum atomic E-state index is -0.0617. The van der Waals surface area contributed by atoms with Crippen molar-refractivity contribution in [2.75, 3.05) is 13.3 Å². The number of aryl methyl sites for hydroxylation is 1. The minimum Gasteiger partial charge on any atom is -0.454 e. The van der Waals surface area contributed by atoms with E-state index in [1.807, 2.05) is 44.4 Å². The van der Waals surface area contributed by atoms with Gasteiger partial charge in [0.1, 0.15) is 0 Å². The van der Waals surface area contributed by atoms with Crippen LogP contribution in [0.3, 0.4) is 0 Å². The van der Waals surface area contributed by atoms with Gasteiger partial charge in [0.2, 0.25) is 6.79 Å². The average Bonchev–Trinajstić information content (AvgIpc) is 3.34. The number of fused-ring (bicyclic) bond motifs is 1. The molecule has 138 valence electrons. The Hall–Kier alpha value is -3.35. The Bertz CT molecular complexity index is 983. The fraction of sp³-hybridized carbons (Fsp3) is 0.250. The van der Waals surface area contributed by atoms with Crippen LogP contribution >= 0.6 is 0 Å². The fourth-order valence-electron chi connectivity index (χ4n) is 3.05. The van der Waals surface area contributed by atoms with Gasteiger partial charge in [0.25, 0.3) is 5.91 Å². The first-order chi connectivity index (χ1) is 13.1. The lowest BCUT2D eigenvalue weighted by Gasteiger charge is -2.21. The van der Waals surface area contributed by atoms with Crippen molar-refractivity contribution >= 4 is 5.91 Å². The maximum atomic E-state index is 13.0. The van der Waals surface area contributed by atoms with Crippen LogP contribution in [0.25, 0.3) is 11.1 Å². The van der Waals surface area contributed by atoms with E-state index in [4.69, 9.17) is 9.47 Å². The van der Waals surface area contributed by atoms with Gasteiger partial charge in [-0.1, -0.05) is 6.07 Å². The molecule has 0 atom stereocenters. The molecular formula is C20H20N4O3. The van der Waals surface area contributed by atoms with Crippen LogP contribution < -0.4 is 9.47 Å². The topological polar surface area (TPSA) is 69.5 Å². The second-order valence-electron chi connectivity index (χ2n) is 6.37. The zero-order valence-electron chi connectivity index (χ0n) is 15.3. The lowest BCUT2D eigenvalue weighted by molar-refractivity contribution is 0.0752. The molecule has 1 aromatic carbocycles. The summed E-state index contributed by atoms with van der Waals surface area (Å²) in [6, 6.07) is 7.60. The molecule has 2 aromatic heterocycles. The van der Waals surface area contributed by atoms with Crippen molar-refractivity contribution in [1.82, 2.24) is 19.7 Å². The molecule has 0 aliphatic carbocycles. The fourth-order valence-corrected chi connectivity index (χ4v) is 3.05. The van der Waals surface area contributed by atoms with Gasteiger partial charge >= 0.3 is 0 Å². The number of aromatic nitrogens is 3. The van der Waals surface area contributed by atoms with Gasteiger partial charge in [0, 0.05) is 49.9 Å². The number of hydrogen-bond donors (Lipinski definition) is 0. The molecule has 27 heavy (non-hydrogen) atoms. The summed E-state index contributed by atoms with van der Waals surface area (Å²) < 4.78 is 12.5. The highest BCUT2D eigenvalue weighted by Crippen LogP contribution is 2.33. The van der Waals surface area contributed by atoms with Crippen LogP contribution in [-0.2, 0) is 13.6 Å². The number of hydrogen-bond acceptors (Lipinski definition) is 5. The van der Waals surface area contributed by atoms with Crippen LogP contribution in [-0.4, -0.2) is 38.9 Å². The van der Waals surface area contributed by atoms with Gasteiger partial charge in [-0.3, -0.25) is 14.5 Å². The third kappa shape index (κ3) is 3.48. The van der Waals surface area contributed by atoms with Gasteiger partial charge in [-0.2, -0.15) is 5.10 Å². The van der Waals surface area contributed by atoms with Gasteiger partial charge in [0.05, 0.1) is 11.8 Å². The molecule has 7 heteroatoms. The average molecular weight is 364 g/mol. The Morgan fingerprint density at radius 2 is 2.00 bits per heavy atom. The Morgan fingerprint density at radius 3 is 2.78 bits per heavy atom. The van der Waals surface area contributed by atoms with Gasteiger partial charge < -0.3 is 14.4 Å². The second kappa shape index (κ2) is 7.11. The van der Waals surface area contributed by atoms with Crippen molar-refractivity contribution in [3.8, 4) is 22.6 Å². The largest absolute Gasteiger partial charge is 0.454 e. The Balaban J connectivity index is 1.55. The summed E-state index contributed by atoms with van der Waals surface area (Å²) in [4.78, 5) is 19.0. The lowest BCUT2D eigenvalue weighted by Crippen LogP contribution is -2.30. The van der Waals surface area contributed by atoms with Crippen molar-refractivity contribution in [2.45, 2.75) is 13.5 Å². The van der Waals surface area contributed by atoms with Crippen molar-refractivity contribution in [2.24, 2.45) is 7.05 Å². The molecule has 3 aromatic rings. The van der Waals surface area contributed by atoms with E-state index in [1.54, 1.807) is 28.2 Å². The van der Waals surface area contributed by atoms with Crippen molar-refractivity contribution in [3.05, 3.63) is 60.2 Å². The monoisotopic (exact) mass is 364 g/mol. The molecule has 4 rings (SSSR count). The maximum absolute atomic E-state index is 13.0. The number of amides is 1. The highest BCUT2D eigenvalue weighted by atomic mass is 16.7. The van der Waals surface area contributed by atoms with E-state index < -0.39 is 0 Å². The summed E-state index contributed by atoms with van der Waals surface area (Å²) in [5.41, 5.74) is 3.34. The number of rotatable bonds is 5. The number of carbonyl (C=O) groups is 1. The second-order valence-corrected chi connectivity index (χ2v) is 6.37. The number of carbonyl (C=O) groups excluding carboxylic acids is 1. The van der Waals surface area contributed by atoms with Gasteiger partial charge in [-0.15, -0.1) is 0 Å². The van der Waals surface area contributed by atoms with Gasteiger partial charge in [-0.25, -0.2) is 0 Å². The molecule has 0 saturated carbocycles. The number of benzene rings is 1. The summed E-state index contributed by atoms with van der Waals surface area (Å²) in [6.45, 7) is 3.28. The molecule has 1 amide bonds. The lowest BCUT2D eigenvalue weighted by atomic mass is 10.1. The molecule has 0 N–H and O–H groups in total. The first kappa shape index (κ1) is 17.1.